The number of rotatable bonds is 5. The van der Waals surface area contributed by atoms with E-state index in [1.165, 1.54) is 6.07 Å². The lowest BCUT2D eigenvalue weighted by Gasteiger charge is -2.09. The number of aliphatic hydroxyl groups is 1. The number of aryl methyl sites for hydroxylation is 1. The minimum atomic E-state index is -0.287. The molecule has 0 spiro atoms. The highest BCUT2D eigenvalue weighted by Gasteiger charge is 2.12. The van der Waals surface area contributed by atoms with Crippen LogP contribution in [0.4, 0.5) is 4.39 Å². The van der Waals surface area contributed by atoms with Crippen molar-refractivity contribution < 1.29 is 14.3 Å². The molecule has 0 bridgehead atoms. The number of carbonyl (C=O) groups excluding carboxylic acids is 1. The minimum absolute atomic E-state index is 0.0464. The molecular formula is C18H18FN3O2. The standard InChI is InChI=1S/C18H18FN3O2/c1-12-6-7-13(8-14(12)19)9-20-18(24)10-22-16-5-3-2-4-15(16)21-17(22)11-23/h2-8,23H,9-11H2,1H3,(H,20,24). The fourth-order valence-electron chi connectivity index (χ4n) is 2.57. The molecular weight excluding hydrogens is 309 g/mol. The Hall–Kier alpha value is -2.73. The summed E-state index contributed by atoms with van der Waals surface area (Å²) in [5.41, 5.74) is 2.79. The van der Waals surface area contributed by atoms with E-state index in [0.717, 1.165) is 11.0 Å². The first kappa shape index (κ1) is 16.1. The summed E-state index contributed by atoms with van der Waals surface area (Å²) in [6, 6.07) is 12.3. The Labute approximate surface area is 138 Å². The molecule has 0 aliphatic heterocycles. The minimum Gasteiger partial charge on any atom is -0.388 e. The summed E-state index contributed by atoms with van der Waals surface area (Å²) in [7, 11) is 0. The Balaban J connectivity index is 1.72. The molecule has 0 radical (unpaired) electrons. The third kappa shape index (κ3) is 3.28. The predicted molar refractivity (Wildman–Crippen MR) is 88.6 cm³/mol. The quantitative estimate of drug-likeness (QED) is 0.755. The molecule has 3 aromatic rings. The number of hydrogen-bond acceptors (Lipinski definition) is 3. The van der Waals surface area contributed by atoms with Crippen molar-refractivity contribution in [3.8, 4) is 0 Å². The fourth-order valence-corrected chi connectivity index (χ4v) is 2.57. The van der Waals surface area contributed by atoms with Gasteiger partial charge in [0.2, 0.25) is 5.91 Å². The van der Waals surface area contributed by atoms with Crippen LogP contribution in [-0.4, -0.2) is 20.6 Å². The van der Waals surface area contributed by atoms with Crippen LogP contribution in [0.25, 0.3) is 11.0 Å². The SMILES string of the molecule is Cc1ccc(CNC(=O)Cn2c(CO)nc3ccccc32)cc1F. The molecule has 0 fully saturated rings. The van der Waals surface area contributed by atoms with Gasteiger partial charge in [0.15, 0.2) is 0 Å². The van der Waals surface area contributed by atoms with Crippen LogP contribution in [0.15, 0.2) is 42.5 Å². The molecule has 5 nitrogen and oxygen atoms in total. The van der Waals surface area contributed by atoms with Crippen molar-refractivity contribution >= 4 is 16.9 Å². The van der Waals surface area contributed by atoms with E-state index in [9.17, 15) is 14.3 Å². The molecule has 3 rings (SSSR count). The number of fused-ring (bicyclic) bond motifs is 1. The number of halogens is 1. The smallest absolute Gasteiger partial charge is 0.240 e. The lowest BCUT2D eigenvalue weighted by atomic mass is 10.1. The molecule has 2 N–H and O–H groups in total. The molecule has 124 valence electrons. The van der Waals surface area contributed by atoms with Crippen LogP contribution in [0.5, 0.6) is 0 Å². The molecule has 0 unspecified atom stereocenters. The van der Waals surface area contributed by atoms with Crippen LogP contribution in [0, 0.1) is 12.7 Å². The van der Waals surface area contributed by atoms with Gasteiger partial charge >= 0.3 is 0 Å². The van der Waals surface area contributed by atoms with Gasteiger partial charge in [-0.2, -0.15) is 0 Å². The van der Waals surface area contributed by atoms with Gasteiger partial charge in [-0.1, -0.05) is 24.3 Å². The number of aliphatic hydroxyl groups excluding tert-OH is 1. The average Bonchev–Trinajstić information content (AvgIpc) is 2.94. The van der Waals surface area contributed by atoms with Crippen molar-refractivity contribution in [3.63, 3.8) is 0 Å². The van der Waals surface area contributed by atoms with E-state index in [2.05, 4.69) is 10.3 Å². The van der Waals surface area contributed by atoms with Crippen molar-refractivity contribution in [1.82, 2.24) is 14.9 Å². The van der Waals surface area contributed by atoms with Crippen LogP contribution in [0.1, 0.15) is 17.0 Å². The second-order valence-corrected chi connectivity index (χ2v) is 5.62. The van der Waals surface area contributed by atoms with Gasteiger partial charge in [-0.25, -0.2) is 9.37 Å². The molecule has 0 saturated carbocycles. The van der Waals surface area contributed by atoms with E-state index < -0.39 is 0 Å². The Morgan fingerprint density at radius 3 is 2.83 bits per heavy atom. The highest BCUT2D eigenvalue weighted by Crippen LogP contribution is 2.16. The third-order valence-corrected chi connectivity index (χ3v) is 3.90. The summed E-state index contributed by atoms with van der Waals surface area (Å²) in [5, 5.41) is 12.2. The lowest BCUT2D eigenvalue weighted by Crippen LogP contribution is -2.27. The van der Waals surface area contributed by atoms with Crippen molar-refractivity contribution in [3.05, 3.63) is 65.2 Å². The Bertz CT molecular complexity index is 889. The molecule has 1 aromatic heterocycles. The summed E-state index contributed by atoms with van der Waals surface area (Å²) < 4.78 is 15.2. The summed E-state index contributed by atoms with van der Waals surface area (Å²) >= 11 is 0. The number of para-hydroxylation sites is 2. The molecule has 6 heteroatoms. The third-order valence-electron chi connectivity index (χ3n) is 3.90. The zero-order valence-corrected chi connectivity index (χ0v) is 13.3. The van der Waals surface area contributed by atoms with Gasteiger partial charge < -0.3 is 15.0 Å². The summed E-state index contributed by atoms with van der Waals surface area (Å²) in [4.78, 5) is 16.5. The normalized spacial score (nSPS) is 11.0. The average molecular weight is 327 g/mol. The van der Waals surface area contributed by atoms with Crippen LogP contribution in [-0.2, 0) is 24.5 Å². The molecule has 0 aliphatic carbocycles. The van der Waals surface area contributed by atoms with Crippen molar-refractivity contribution in [2.45, 2.75) is 26.6 Å². The fraction of sp³-hybridized carbons (Fsp3) is 0.222. The number of hydrogen-bond donors (Lipinski definition) is 2. The summed E-state index contributed by atoms with van der Waals surface area (Å²) in [5.74, 6) is -0.0773. The van der Waals surface area contributed by atoms with Gasteiger partial charge in [0.1, 0.15) is 24.8 Å². The van der Waals surface area contributed by atoms with Gasteiger partial charge in [0.25, 0.3) is 0 Å². The van der Waals surface area contributed by atoms with Crippen LogP contribution in [0.2, 0.25) is 0 Å². The Morgan fingerprint density at radius 2 is 2.08 bits per heavy atom. The molecule has 0 saturated heterocycles. The molecule has 24 heavy (non-hydrogen) atoms. The maximum absolute atomic E-state index is 13.5. The van der Waals surface area contributed by atoms with E-state index in [0.29, 0.717) is 17.0 Å². The van der Waals surface area contributed by atoms with E-state index in [1.807, 2.05) is 24.3 Å². The van der Waals surface area contributed by atoms with Gasteiger partial charge in [0, 0.05) is 6.54 Å². The molecule has 1 heterocycles. The second-order valence-electron chi connectivity index (χ2n) is 5.62. The number of carbonyl (C=O) groups is 1. The van der Waals surface area contributed by atoms with Crippen molar-refractivity contribution in [1.29, 1.82) is 0 Å². The molecule has 0 aliphatic rings. The van der Waals surface area contributed by atoms with Gasteiger partial charge in [-0.15, -0.1) is 0 Å². The highest BCUT2D eigenvalue weighted by atomic mass is 19.1. The molecule has 0 atom stereocenters. The van der Waals surface area contributed by atoms with Crippen molar-refractivity contribution in [2.24, 2.45) is 0 Å². The van der Waals surface area contributed by atoms with Crippen LogP contribution in [0.3, 0.4) is 0 Å². The van der Waals surface area contributed by atoms with Crippen molar-refractivity contribution in [2.75, 3.05) is 0 Å². The monoisotopic (exact) mass is 327 g/mol. The lowest BCUT2D eigenvalue weighted by molar-refractivity contribution is -0.121. The maximum atomic E-state index is 13.5. The zero-order chi connectivity index (χ0) is 17.1. The topological polar surface area (TPSA) is 67.2 Å². The maximum Gasteiger partial charge on any atom is 0.240 e. The van der Waals surface area contributed by atoms with Crippen LogP contribution < -0.4 is 5.32 Å². The van der Waals surface area contributed by atoms with Gasteiger partial charge in [-0.05, 0) is 36.2 Å². The number of imidazole rings is 1. The van der Waals surface area contributed by atoms with Gasteiger partial charge in [0.05, 0.1) is 11.0 Å². The predicted octanol–water partition coefficient (Wildman–Crippen LogP) is 2.29. The zero-order valence-electron chi connectivity index (χ0n) is 13.3. The number of amides is 1. The van der Waals surface area contributed by atoms with E-state index in [1.54, 1.807) is 23.6 Å². The largest absolute Gasteiger partial charge is 0.388 e. The van der Waals surface area contributed by atoms with Gasteiger partial charge in [-0.3, -0.25) is 4.79 Å². The van der Waals surface area contributed by atoms with E-state index in [-0.39, 0.29) is 31.4 Å². The molecule has 2 aromatic carbocycles. The number of nitrogens with one attached hydrogen (secondary N) is 1. The Morgan fingerprint density at radius 1 is 1.29 bits per heavy atom. The number of nitrogens with zero attached hydrogens (tertiary/aromatic N) is 2. The first-order valence-electron chi connectivity index (χ1n) is 7.65. The van der Waals surface area contributed by atoms with E-state index >= 15 is 0 Å². The number of aromatic nitrogens is 2. The van der Waals surface area contributed by atoms with Crippen LogP contribution >= 0.6 is 0 Å². The second kappa shape index (κ2) is 6.80. The highest BCUT2D eigenvalue weighted by molar-refractivity contribution is 5.81. The first-order chi connectivity index (χ1) is 11.6. The summed E-state index contributed by atoms with van der Waals surface area (Å²) in [6.07, 6.45) is 0. The number of benzene rings is 2. The Kier molecular flexibility index (Phi) is 4.57. The molecule has 1 amide bonds. The first-order valence-corrected chi connectivity index (χ1v) is 7.65. The van der Waals surface area contributed by atoms with E-state index in [4.69, 9.17) is 0 Å². The summed E-state index contributed by atoms with van der Waals surface area (Å²) in [6.45, 7) is 1.74.